The smallest absolute Gasteiger partial charge is 0.239 e. The number of methoxy groups -OCH3 is 1. The fourth-order valence-electron chi connectivity index (χ4n) is 1.99. The molecule has 1 aliphatic heterocycles. The Morgan fingerprint density at radius 2 is 2.28 bits per heavy atom. The van der Waals surface area contributed by atoms with Crippen molar-refractivity contribution in [1.29, 1.82) is 0 Å². The zero-order valence-corrected chi connectivity index (χ0v) is 10.2. The Morgan fingerprint density at radius 3 is 3.00 bits per heavy atom. The molecule has 0 spiro atoms. The number of rotatable bonds is 2. The van der Waals surface area contributed by atoms with E-state index in [1.807, 2.05) is 0 Å². The van der Waals surface area contributed by atoms with E-state index in [1.165, 1.54) is 19.2 Å². The number of halogens is 1. The van der Waals surface area contributed by atoms with Crippen LogP contribution in [0.3, 0.4) is 0 Å². The number of nitrogens with two attached hydrogens (primary N) is 1. The van der Waals surface area contributed by atoms with Crippen LogP contribution in [-0.2, 0) is 4.79 Å². The molecule has 1 aromatic rings. The predicted octanol–water partition coefficient (Wildman–Crippen LogP) is 0.743. The van der Waals surface area contributed by atoms with E-state index in [9.17, 15) is 9.18 Å². The number of ether oxygens (including phenoxy) is 1. The summed E-state index contributed by atoms with van der Waals surface area (Å²) >= 11 is 0. The first-order valence-electron chi connectivity index (χ1n) is 5.76. The molecule has 2 rings (SSSR count). The molecule has 0 aliphatic carbocycles. The highest BCUT2D eigenvalue weighted by Gasteiger charge is 2.19. The number of nitrogens with one attached hydrogen (secondary N) is 1. The molecule has 3 N–H and O–H groups in total. The number of nitrogen functional groups attached to an aromatic ring is 1. The molecule has 0 aromatic heterocycles. The predicted molar refractivity (Wildman–Crippen MR) is 67.2 cm³/mol. The van der Waals surface area contributed by atoms with Crippen LogP contribution in [0.5, 0.6) is 5.75 Å². The Labute approximate surface area is 105 Å². The molecular formula is C12H16FN3O2. The molecular weight excluding hydrogens is 237 g/mol. The number of anilines is 2. The van der Waals surface area contributed by atoms with E-state index in [2.05, 4.69) is 5.32 Å². The first-order valence-corrected chi connectivity index (χ1v) is 5.76. The van der Waals surface area contributed by atoms with Crippen LogP contribution >= 0.6 is 0 Å². The van der Waals surface area contributed by atoms with Gasteiger partial charge in [-0.05, 0) is 6.42 Å². The minimum atomic E-state index is -0.442. The van der Waals surface area contributed by atoms with Crippen LogP contribution in [0, 0.1) is 5.82 Å². The second-order valence-electron chi connectivity index (χ2n) is 4.17. The van der Waals surface area contributed by atoms with Gasteiger partial charge in [0.15, 0.2) is 0 Å². The summed E-state index contributed by atoms with van der Waals surface area (Å²) in [6, 6.07) is 2.75. The first kappa shape index (κ1) is 12.5. The topological polar surface area (TPSA) is 67.6 Å². The van der Waals surface area contributed by atoms with E-state index in [4.69, 9.17) is 10.5 Å². The zero-order chi connectivity index (χ0) is 13.1. The molecule has 1 saturated heterocycles. The van der Waals surface area contributed by atoms with Crippen molar-refractivity contribution in [2.24, 2.45) is 0 Å². The molecule has 0 bridgehead atoms. The number of nitrogens with zero attached hydrogens (tertiary/aromatic N) is 1. The van der Waals surface area contributed by atoms with Gasteiger partial charge >= 0.3 is 0 Å². The van der Waals surface area contributed by atoms with Crippen LogP contribution < -0.4 is 20.7 Å². The highest BCUT2D eigenvalue weighted by Crippen LogP contribution is 2.30. The number of carbonyl (C=O) groups is 1. The highest BCUT2D eigenvalue weighted by molar-refractivity contribution is 5.82. The Kier molecular flexibility index (Phi) is 3.55. The van der Waals surface area contributed by atoms with E-state index in [0.717, 1.165) is 6.42 Å². The van der Waals surface area contributed by atoms with Gasteiger partial charge in [0.1, 0.15) is 11.6 Å². The number of benzene rings is 1. The molecule has 1 aromatic carbocycles. The second kappa shape index (κ2) is 5.12. The third kappa shape index (κ3) is 2.47. The largest absolute Gasteiger partial charge is 0.495 e. The van der Waals surface area contributed by atoms with Crippen molar-refractivity contribution in [3.05, 3.63) is 17.9 Å². The lowest BCUT2D eigenvalue weighted by Gasteiger charge is -2.22. The van der Waals surface area contributed by atoms with E-state index in [-0.39, 0.29) is 18.1 Å². The van der Waals surface area contributed by atoms with Gasteiger partial charge in [0, 0.05) is 25.2 Å². The molecule has 0 unspecified atom stereocenters. The van der Waals surface area contributed by atoms with Crippen LogP contribution in [0.1, 0.15) is 6.42 Å². The van der Waals surface area contributed by atoms with Gasteiger partial charge in [-0.15, -0.1) is 0 Å². The zero-order valence-electron chi connectivity index (χ0n) is 10.2. The van der Waals surface area contributed by atoms with Crippen molar-refractivity contribution >= 4 is 17.3 Å². The maximum absolute atomic E-state index is 13.9. The number of amides is 1. The van der Waals surface area contributed by atoms with Crippen LogP contribution in [0.15, 0.2) is 12.1 Å². The molecule has 18 heavy (non-hydrogen) atoms. The standard InChI is InChI=1S/C12H16FN3O2/c1-18-11-6-10(8(13)5-9(11)14)16-4-2-3-15-12(17)7-16/h5-6H,2-4,7,14H2,1H3,(H,15,17). The minimum Gasteiger partial charge on any atom is -0.495 e. The van der Waals surface area contributed by atoms with Gasteiger partial charge in [-0.2, -0.15) is 0 Å². The molecule has 1 aliphatic rings. The molecule has 5 nitrogen and oxygen atoms in total. The lowest BCUT2D eigenvalue weighted by atomic mass is 10.2. The molecule has 1 fully saturated rings. The van der Waals surface area contributed by atoms with Gasteiger partial charge in [-0.1, -0.05) is 0 Å². The summed E-state index contributed by atoms with van der Waals surface area (Å²) in [4.78, 5) is 13.2. The van der Waals surface area contributed by atoms with Crippen molar-refractivity contribution < 1.29 is 13.9 Å². The molecule has 98 valence electrons. The summed E-state index contributed by atoms with van der Waals surface area (Å²) in [5, 5.41) is 2.74. The summed E-state index contributed by atoms with van der Waals surface area (Å²) in [6.45, 7) is 1.37. The van der Waals surface area contributed by atoms with Crippen molar-refractivity contribution in [3.63, 3.8) is 0 Å². The Hall–Kier alpha value is -1.98. The Bertz CT molecular complexity index is 465. The maximum atomic E-state index is 13.9. The van der Waals surface area contributed by atoms with Gasteiger partial charge in [0.2, 0.25) is 5.91 Å². The molecule has 0 saturated carbocycles. The summed E-state index contributed by atoms with van der Waals surface area (Å²) in [7, 11) is 1.47. The lowest BCUT2D eigenvalue weighted by Crippen LogP contribution is -2.33. The average molecular weight is 253 g/mol. The monoisotopic (exact) mass is 253 g/mol. The third-order valence-electron chi connectivity index (χ3n) is 2.90. The van der Waals surface area contributed by atoms with E-state index in [0.29, 0.717) is 24.5 Å². The second-order valence-corrected chi connectivity index (χ2v) is 4.17. The van der Waals surface area contributed by atoms with Crippen LogP contribution in [-0.4, -0.2) is 32.7 Å². The Balaban J connectivity index is 2.33. The minimum absolute atomic E-state index is 0.109. The van der Waals surface area contributed by atoms with Crippen LogP contribution in [0.4, 0.5) is 15.8 Å². The number of hydrogen-bond donors (Lipinski definition) is 2. The number of hydrogen-bond acceptors (Lipinski definition) is 4. The molecule has 6 heteroatoms. The third-order valence-corrected chi connectivity index (χ3v) is 2.90. The van der Waals surface area contributed by atoms with Crippen molar-refractivity contribution in [3.8, 4) is 5.75 Å². The van der Waals surface area contributed by atoms with E-state index in [1.54, 1.807) is 4.90 Å². The quantitative estimate of drug-likeness (QED) is 0.763. The van der Waals surface area contributed by atoms with Crippen molar-refractivity contribution in [2.75, 3.05) is 37.4 Å². The summed E-state index contributed by atoms with van der Waals surface area (Å²) in [5.41, 5.74) is 6.22. The van der Waals surface area contributed by atoms with Gasteiger partial charge in [0.25, 0.3) is 0 Å². The fraction of sp³-hybridized carbons (Fsp3) is 0.417. The summed E-state index contributed by atoms with van der Waals surface area (Å²) in [5.74, 6) is -0.137. The molecule has 1 amide bonds. The molecule has 0 radical (unpaired) electrons. The van der Waals surface area contributed by atoms with E-state index < -0.39 is 5.82 Å². The molecule has 1 heterocycles. The van der Waals surface area contributed by atoms with Crippen LogP contribution in [0.25, 0.3) is 0 Å². The van der Waals surface area contributed by atoms with Crippen LogP contribution in [0.2, 0.25) is 0 Å². The normalized spacial score (nSPS) is 16.1. The van der Waals surface area contributed by atoms with Crippen molar-refractivity contribution in [1.82, 2.24) is 5.32 Å². The molecule has 0 atom stereocenters. The van der Waals surface area contributed by atoms with Gasteiger partial charge in [0.05, 0.1) is 25.0 Å². The lowest BCUT2D eigenvalue weighted by molar-refractivity contribution is -0.119. The number of carbonyl (C=O) groups excluding carboxylic acids is 1. The van der Waals surface area contributed by atoms with E-state index >= 15 is 0 Å². The Morgan fingerprint density at radius 1 is 1.50 bits per heavy atom. The summed E-state index contributed by atoms with van der Waals surface area (Å²) < 4.78 is 19.0. The van der Waals surface area contributed by atoms with Crippen molar-refractivity contribution in [2.45, 2.75) is 6.42 Å². The highest BCUT2D eigenvalue weighted by atomic mass is 19.1. The van der Waals surface area contributed by atoms with Gasteiger partial charge in [-0.3, -0.25) is 4.79 Å². The SMILES string of the molecule is COc1cc(N2CCCNC(=O)C2)c(F)cc1N. The van der Waals surface area contributed by atoms with Gasteiger partial charge < -0.3 is 20.7 Å². The van der Waals surface area contributed by atoms with Gasteiger partial charge in [-0.25, -0.2) is 4.39 Å². The summed E-state index contributed by atoms with van der Waals surface area (Å²) in [6.07, 6.45) is 0.776. The fourth-order valence-corrected chi connectivity index (χ4v) is 1.99. The first-order chi connectivity index (χ1) is 8.61. The maximum Gasteiger partial charge on any atom is 0.239 e. The average Bonchev–Trinajstić information content (AvgIpc) is 2.54.